The van der Waals surface area contributed by atoms with Crippen molar-refractivity contribution in [1.82, 2.24) is 5.32 Å². The molecule has 0 aliphatic heterocycles. The van der Waals surface area contributed by atoms with Gasteiger partial charge in [0.25, 0.3) is 0 Å². The lowest BCUT2D eigenvalue weighted by Gasteiger charge is -2.20. The Hall–Kier alpha value is -1.01. The highest BCUT2D eigenvalue weighted by Gasteiger charge is 2.14. The predicted octanol–water partition coefficient (Wildman–Crippen LogP) is 4.46. The van der Waals surface area contributed by atoms with Gasteiger partial charge in [0.1, 0.15) is 0 Å². The molecule has 2 rings (SSSR count). The molecule has 1 N–H and O–H groups in total. The van der Waals surface area contributed by atoms with Crippen LogP contribution in [0.1, 0.15) is 24.1 Å². The van der Waals surface area contributed by atoms with Crippen molar-refractivity contribution in [3.05, 3.63) is 68.8 Å². The Labute approximate surface area is 131 Å². The van der Waals surface area contributed by atoms with Gasteiger partial charge in [0, 0.05) is 9.61 Å². The summed E-state index contributed by atoms with van der Waals surface area (Å²) < 4.78 is 27.4. The van der Waals surface area contributed by atoms with Crippen LogP contribution in [-0.2, 0) is 6.42 Å². The molecule has 1 nitrogen and oxygen atoms in total. The van der Waals surface area contributed by atoms with E-state index in [4.69, 9.17) is 0 Å². The normalized spacial score (nSPS) is 12.4. The van der Waals surface area contributed by atoms with Crippen molar-refractivity contribution in [3.8, 4) is 0 Å². The molecule has 0 aliphatic rings. The molecule has 0 fully saturated rings. The van der Waals surface area contributed by atoms with Crippen LogP contribution in [-0.4, -0.2) is 6.54 Å². The van der Waals surface area contributed by atoms with Crippen LogP contribution in [0.15, 0.2) is 42.5 Å². The molecule has 20 heavy (non-hydrogen) atoms. The van der Waals surface area contributed by atoms with E-state index in [0.717, 1.165) is 12.1 Å². The molecule has 106 valence electrons. The average Bonchev–Trinajstić information content (AvgIpc) is 2.43. The number of likely N-dealkylation sites (N-methyl/N-ethyl adjacent to an activating group) is 1. The van der Waals surface area contributed by atoms with Crippen LogP contribution in [0.2, 0.25) is 0 Å². The quantitative estimate of drug-likeness (QED) is 0.747. The Kier molecular flexibility index (Phi) is 5.48. The third-order valence-corrected chi connectivity index (χ3v) is 4.14. The zero-order valence-electron chi connectivity index (χ0n) is 11.2. The van der Waals surface area contributed by atoms with Crippen molar-refractivity contribution in [2.45, 2.75) is 19.4 Å². The van der Waals surface area contributed by atoms with Crippen LogP contribution in [0.4, 0.5) is 8.78 Å². The Bertz CT molecular complexity index is 586. The summed E-state index contributed by atoms with van der Waals surface area (Å²) in [5.74, 6) is -1.59. The highest BCUT2D eigenvalue weighted by Crippen LogP contribution is 2.24. The largest absolute Gasteiger partial charge is 0.310 e. The van der Waals surface area contributed by atoms with Crippen molar-refractivity contribution in [2.24, 2.45) is 0 Å². The van der Waals surface area contributed by atoms with Crippen molar-refractivity contribution in [2.75, 3.05) is 6.54 Å². The predicted molar refractivity (Wildman–Crippen MR) is 85.6 cm³/mol. The van der Waals surface area contributed by atoms with Crippen LogP contribution >= 0.6 is 22.6 Å². The van der Waals surface area contributed by atoms with Gasteiger partial charge in [0.15, 0.2) is 11.6 Å². The first-order valence-electron chi connectivity index (χ1n) is 6.53. The van der Waals surface area contributed by atoms with Crippen molar-refractivity contribution >= 4 is 22.6 Å². The van der Waals surface area contributed by atoms with Gasteiger partial charge in [0.05, 0.1) is 0 Å². The molecule has 2 aromatic rings. The number of benzene rings is 2. The second-order valence-electron chi connectivity index (χ2n) is 4.58. The van der Waals surface area contributed by atoms with Crippen LogP contribution in [0, 0.1) is 15.2 Å². The summed E-state index contributed by atoms with van der Waals surface area (Å²) in [6.45, 7) is 2.85. The minimum Gasteiger partial charge on any atom is -0.310 e. The van der Waals surface area contributed by atoms with Gasteiger partial charge >= 0.3 is 0 Å². The SMILES string of the molecule is CCNC(Cc1ccc(F)c(F)c1)c1ccccc1I. The van der Waals surface area contributed by atoms with Gasteiger partial charge in [0.2, 0.25) is 0 Å². The van der Waals surface area contributed by atoms with Crippen LogP contribution in [0.3, 0.4) is 0 Å². The molecule has 0 spiro atoms. The molecule has 0 aromatic heterocycles. The Morgan fingerprint density at radius 2 is 1.85 bits per heavy atom. The lowest BCUT2D eigenvalue weighted by atomic mass is 9.98. The average molecular weight is 387 g/mol. The van der Waals surface area contributed by atoms with E-state index in [0.29, 0.717) is 6.42 Å². The number of hydrogen-bond acceptors (Lipinski definition) is 1. The van der Waals surface area contributed by atoms with Crippen LogP contribution in [0.5, 0.6) is 0 Å². The molecule has 0 bridgehead atoms. The van der Waals surface area contributed by atoms with E-state index in [9.17, 15) is 8.78 Å². The third-order valence-electron chi connectivity index (χ3n) is 3.16. The van der Waals surface area contributed by atoms with Gasteiger partial charge in [-0.15, -0.1) is 0 Å². The van der Waals surface area contributed by atoms with Gasteiger partial charge in [-0.05, 0) is 64.9 Å². The minimum atomic E-state index is -0.803. The van der Waals surface area contributed by atoms with Gasteiger partial charge in [-0.1, -0.05) is 31.2 Å². The Morgan fingerprint density at radius 1 is 1.10 bits per heavy atom. The molecule has 0 saturated carbocycles. The molecule has 0 radical (unpaired) electrons. The van der Waals surface area contributed by atoms with Gasteiger partial charge in [-0.25, -0.2) is 8.78 Å². The molecular formula is C16H16F2IN. The first kappa shape index (κ1) is 15.4. The molecule has 0 heterocycles. The van der Waals surface area contributed by atoms with E-state index in [1.165, 1.54) is 21.3 Å². The number of halogens is 3. The first-order valence-corrected chi connectivity index (χ1v) is 7.61. The summed E-state index contributed by atoms with van der Waals surface area (Å²) in [7, 11) is 0. The summed E-state index contributed by atoms with van der Waals surface area (Å²) >= 11 is 2.30. The van der Waals surface area contributed by atoms with E-state index in [2.05, 4.69) is 34.0 Å². The number of hydrogen-bond donors (Lipinski definition) is 1. The molecular weight excluding hydrogens is 371 g/mol. The molecule has 0 saturated heterocycles. The molecule has 2 aromatic carbocycles. The fourth-order valence-electron chi connectivity index (χ4n) is 2.20. The second-order valence-corrected chi connectivity index (χ2v) is 5.75. The number of nitrogens with one attached hydrogen (secondary N) is 1. The Balaban J connectivity index is 2.25. The lowest BCUT2D eigenvalue weighted by Crippen LogP contribution is -2.23. The fourth-order valence-corrected chi connectivity index (χ4v) is 2.96. The first-order chi connectivity index (χ1) is 9.61. The maximum Gasteiger partial charge on any atom is 0.159 e. The van der Waals surface area contributed by atoms with Gasteiger partial charge in [-0.2, -0.15) is 0 Å². The van der Waals surface area contributed by atoms with E-state index < -0.39 is 11.6 Å². The van der Waals surface area contributed by atoms with E-state index in [1.54, 1.807) is 6.07 Å². The molecule has 0 aliphatic carbocycles. The molecule has 1 unspecified atom stereocenters. The van der Waals surface area contributed by atoms with Gasteiger partial charge in [-0.3, -0.25) is 0 Å². The molecule has 1 atom stereocenters. The zero-order chi connectivity index (χ0) is 14.5. The second kappa shape index (κ2) is 7.13. The molecule has 4 heteroatoms. The smallest absolute Gasteiger partial charge is 0.159 e. The standard InChI is InChI=1S/C16H16F2IN/c1-2-20-16(12-5-3-4-6-15(12)19)10-11-7-8-13(17)14(18)9-11/h3-9,16,20H,2,10H2,1H3. The van der Waals surface area contributed by atoms with Crippen molar-refractivity contribution < 1.29 is 8.78 Å². The van der Waals surface area contributed by atoms with Crippen LogP contribution in [0.25, 0.3) is 0 Å². The Morgan fingerprint density at radius 3 is 2.50 bits per heavy atom. The number of rotatable bonds is 5. The minimum absolute atomic E-state index is 0.0953. The summed E-state index contributed by atoms with van der Waals surface area (Å²) in [4.78, 5) is 0. The van der Waals surface area contributed by atoms with E-state index in [1.807, 2.05) is 25.1 Å². The maximum absolute atomic E-state index is 13.3. The summed E-state index contributed by atoms with van der Waals surface area (Å²) in [5.41, 5.74) is 1.97. The topological polar surface area (TPSA) is 12.0 Å². The van der Waals surface area contributed by atoms with Gasteiger partial charge < -0.3 is 5.32 Å². The summed E-state index contributed by atoms with van der Waals surface area (Å²) in [5, 5.41) is 3.40. The summed E-state index contributed by atoms with van der Waals surface area (Å²) in [6, 6.07) is 12.3. The lowest BCUT2D eigenvalue weighted by molar-refractivity contribution is 0.502. The molecule has 0 amide bonds. The zero-order valence-corrected chi connectivity index (χ0v) is 13.3. The maximum atomic E-state index is 13.3. The third kappa shape index (κ3) is 3.76. The highest BCUT2D eigenvalue weighted by molar-refractivity contribution is 14.1. The van der Waals surface area contributed by atoms with Crippen molar-refractivity contribution in [1.29, 1.82) is 0 Å². The van der Waals surface area contributed by atoms with Crippen molar-refractivity contribution in [3.63, 3.8) is 0 Å². The van der Waals surface area contributed by atoms with E-state index >= 15 is 0 Å². The highest BCUT2D eigenvalue weighted by atomic mass is 127. The fraction of sp³-hybridized carbons (Fsp3) is 0.250. The van der Waals surface area contributed by atoms with E-state index in [-0.39, 0.29) is 6.04 Å². The van der Waals surface area contributed by atoms with Crippen LogP contribution < -0.4 is 5.32 Å². The summed E-state index contributed by atoms with van der Waals surface area (Å²) in [6.07, 6.45) is 0.630. The monoisotopic (exact) mass is 387 g/mol.